The van der Waals surface area contributed by atoms with E-state index in [0.717, 1.165) is 100 Å². The van der Waals surface area contributed by atoms with Crippen LogP contribution in [0.1, 0.15) is 198 Å². The van der Waals surface area contributed by atoms with E-state index in [1.165, 1.54) is 89.9 Å². The van der Waals surface area contributed by atoms with Crippen LogP contribution in [0.3, 0.4) is 0 Å². The summed E-state index contributed by atoms with van der Waals surface area (Å²) < 4.78 is 25.6. The zero-order chi connectivity index (χ0) is 49.3. The molecule has 0 amide bonds. The van der Waals surface area contributed by atoms with Gasteiger partial charge in [0, 0.05) is 26.7 Å². The number of esters is 2. The van der Waals surface area contributed by atoms with Gasteiger partial charge in [-0.3, -0.25) is 9.59 Å². The lowest BCUT2D eigenvalue weighted by Crippen LogP contribution is -2.51. The van der Waals surface area contributed by atoms with Gasteiger partial charge in [-0.05, 0) is 234 Å². The monoisotopic (exact) mass is 969 g/mol. The number of carbonyl (C=O) groups excluding carboxylic acids is 2. The van der Waals surface area contributed by atoms with Crippen molar-refractivity contribution in [2.24, 2.45) is 92.7 Å². The smallest absolute Gasteiger partial charge is 0.302 e. The molecule has 70 heavy (non-hydrogen) atoms. The molecule has 8 aliphatic carbocycles. The van der Waals surface area contributed by atoms with Crippen molar-refractivity contribution in [1.82, 2.24) is 10.6 Å². The molecule has 8 heteroatoms. The maximum Gasteiger partial charge on any atom is 0.302 e. The highest BCUT2D eigenvalue weighted by Gasteiger charge is 2.67. The first-order valence-electron chi connectivity index (χ1n) is 29.9. The molecule has 2 N–H and O–H groups in total. The summed E-state index contributed by atoms with van der Waals surface area (Å²) in [7, 11) is 0. The van der Waals surface area contributed by atoms with Crippen molar-refractivity contribution in [3.05, 3.63) is 23.3 Å². The molecule has 0 radical (unpaired) electrons. The molecule has 6 saturated carbocycles. The average Bonchev–Trinajstić information content (AvgIpc) is 4.01. The van der Waals surface area contributed by atoms with Crippen molar-refractivity contribution in [3.63, 3.8) is 0 Å². The first-order valence-corrected chi connectivity index (χ1v) is 29.9. The summed E-state index contributed by atoms with van der Waals surface area (Å²) in [5, 5.41) is 7.63. The molecule has 10 rings (SSSR count). The van der Waals surface area contributed by atoms with E-state index in [1.807, 2.05) is 0 Å². The number of allylic oxidation sites excluding steroid dienone is 2. The van der Waals surface area contributed by atoms with Crippen molar-refractivity contribution in [3.8, 4) is 0 Å². The Balaban J connectivity index is 0.586. The van der Waals surface area contributed by atoms with Crippen LogP contribution in [0.25, 0.3) is 0 Å². The summed E-state index contributed by atoms with van der Waals surface area (Å²) in [6.45, 7) is 28.0. The third-order valence-electron chi connectivity index (χ3n) is 23.8. The lowest BCUT2D eigenvalue weighted by Gasteiger charge is -2.58. The van der Waals surface area contributed by atoms with Crippen molar-refractivity contribution in [2.45, 2.75) is 234 Å². The molecule has 0 aromatic rings. The van der Waals surface area contributed by atoms with Gasteiger partial charge in [0.1, 0.15) is 12.2 Å². The molecule has 8 nitrogen and oxygen atoms in total. The first-order chi connectivity index (χ1) is 33.4. The molecular weight excluding hydrogens is 869 g/mol. The lowest BCUT2D eigenvalue weighted by molar-refractivity contribution is -0.149. The van der Waals surface area contributed by atoms with Crippen LogP contribution in [0.15, 0.2) is 23.3 Å². The van der Waals surface area contributed by atoms with Crippen molar-refractivity contribution < 1.29 is 28.5 Å². The van der Waals surface area contributed by atoms with Gasteiger partial charge in [0.15, 0.2) is 0 Å². The van der Waals surface area contributed by atoms with E-state index in [4.69, 9.17) is 18.9 Å². The van der Waals surface area contributed by atoms with E-state index in [9.17, 15) is 9.59 Å². The minimum atomic E-state index is -0.129. The minimum Gasteiger partial charge on any atom is -0.462 e. The highest BCUT2D eigenvalue weighted by Crippen LogP contribution is 2.71. The standard InChI is InChI=1S/C62H100N2O6/c1-37(13-19-53-39(3)57-55(69-53)33-51-47-17-15-43-31-45(67-41(5)65)21-25-59(43,7)49(47)23-27-61(51,57)9)35-63-29-11-12-30-64-36-38(2)14-20-54-40(4)58-56(70-54)34-52-48-18-16-44-32-46(68-42(6)66)22-26-60(44,8)50(48)24-28-62(52,58)10/h15-16,37-40,45-58,63-64H,11-14,17-36H2,1-10H3/t37-,38-,39-,40-,45+,46+,47-,48-,49+,50+,51+,52+,53-,54-,55+,56+,57+,58+,59+,60+,61+,62+/m1/s1. The Hall–Kier alpha value is -1.74. The van der Waals surface area contributed by atoms with E-state index < -0.39 is 0 Å². The normalized spacial score (nSPS) is 47.5. The highest BCUT2D eigenvalue weighted by atomic mass is 16.5. The van der Waals surface area contributed by atoms with Crippen LogP contribution in [-0.4, -0.2) is 74.7 Å². The Morgan fingerprint density at radius 3 is 1.44 bits per heavy atom. The summed E-state index contributed by atoms with van der Waals surface area (Å²) >= 11 is 0. The topological polar surface area (TPSA) is 95.1 Å². The SMILES string of the molecule is CC(=O)O[C@H]1CC[C@@]2(C)C(=CC[C@H]3[C@@H]4C[C@@H]5O[C@H](CC[C@@H](C)CNCCCCNC[C@H](C)CC[C@H]6O[C@H]7C[C@H]8[C@@H]9CC=C%10C[C@@H](OC(C)=O)CC[C@]%10(C)[C@H]9CC[C@]8(C)[C@H]7[C@@H]6C)[C@@H](C)[C@@H]5[C@@]4(C)CC[C@@H]32)C1. The van der Waals surface area contributed by atoms with Crippen LogP contribution in [0.2, 0.25) is 0 Å². The first kappa shape index (κ1) is 51.7. The summed E-state index contributed by atoms with van der Waals surface area (Å²) in [4.78, 5) is 23.5. The number of unbranched alkanes of at least 4 members (excludes halogenated alkanes) is 1. The molecule has 22 atom stereocenters. The van der Waals surface area contributed by atoms with Crippen molar-refractivity contribution in [1.29, 1.82) is 0 Å². The van der Waals surface area contributed by atoms with E-state index in [-0.39, 0.29) is 35.0 Å². The fourth-order valence-electron chi connectivity index (χ4n) is 20.3. The molecule has 2 heterocycles. The largest absolute Gasteiger partial charge is 0.462 e. The zero-order valence-electron chi connectivity index (χ0n) is 46.0. The quantitative estimate of drug-likeness (QED) is 0.0846. The van der Waals surface area contributed by atoms with Crippen LogP contribution in [0.5, 0.6) is 0 Å². The van der Waals surface area contributed by atoms with Gasteiger partial charge < -0.3 is 29.6 Å². The molecule has 8 fully saturated rings. The number of ether oxygens (including phenoxy) is 4. The van der Waals surface area contributed by atoms with Gasteiger partial charge in [-0.25, -0.2) is 0 Å². The fraction of sp³-hybridized carbons (Fsp3) is 0.903. The van der Waals surface area contributed by atoms with E-state index in [1.54, 1.807) is 25.0 Å². The zero-order valence-corrected chi connectivity index (χ0v) is 46.0. The van der Waals surface area contributed by atoms with Gasteiger partial charge in [-0.1, -0.05) is 78.7 Å². The average molecular weight is 969 g/mol. The summed E-state index contributed by atoms with van der Waals surface area (Å²) in [6, 6.07) is 0. The molecule has 2 aliphatic heterocycles. The third-order valence-corrected chi connectivity index (χ3v) is 23.8. The van der Waals surface area contributed by atoms with Crippen molar-refractivity contribution >= 4 is 11.9 Å². The molecule has 394 valence electrons. The highest BCUT2D eigenvalue weighted by molar-refractivity contribution is 5.66. The number of nitrogens with one attached hydrogen (secondary N) is 2. The second-order valence-electron chi connectivity index (χ2n) is 27.7. The number of hydrogen-bond acceptors (Lipinski definition) is 8. The molecule has 2 saturated heterocycles. The molecule has 0 bridgehead atoms. The molecule has 10 aliphatic rings. The van der Waals surface area contributed by atoms with Gasteiger partial charge in [0.2, 0.25) is 0 Å². The predicted octanol–water partition coefficient (Wildman–Crippen LogP) is 12.8. The van der Waals surface area contributed by atoms with Gasteiger partial charge >= 0.3 is 11.9 Å². The van der Waals surface area contributed by atoms with Gasteiger partial charge in [0.05, 0.1) is 24.4 Å². The van der Waals surface area contributed by atoms with Gasteiger partial charge in [-0.2, -0.15) is 0 Å². The molecular formula is C62H100N2O6. The molecule has 0 spiro atoms. The maximum atomic E-state index is 11.7. The lowest BCUT2D eigenvalue weighted by atomic mass is 9.47. The Kier molecular flexibility index (Phi) is 15.1. The fourth-order valence-corrected chi connectivity index (χ4v) is 20.3. The van der Waals surface area contributed by atoms with Crippen molar-refractivity contribution in [2.75, 3.05) is 26.2 Å². The number of carbonyl (C=O) groups is 2. The third kappa shape index (κ3) is 9.40. The van der Waals surface area contributed by atoms with Crippen LogP contribution in [0, 0.1) is 92.7 Å². The molecule has 0 unspecified atom stereocenters. The minimum absolute atomic E-state index is 0.0753. The number of rotatable bonds is 17. The Morgan fingerprint density at radius 1 is 0.629 bits per heavy atom. The molecule has 0 aromatic heterocycles. The van der Waals surface area contributed by atoms with E-state index in [2.05, 4.69) is 78.2 Å². The number of hydrogen-bond donors (Lipinski definition) is 2. The Morgan fingerprint density at radius 2 is 1.04 bits per heavy atom. The van der Waals surface area contributed by atoms with Crippen LogP contribution in [0.4, 0.5) is 0 Å². The summed E-state index contributed by atoms with van der Waals surface area (Å²) in [5.74, 6) is 8.42. The van der Waals surface area contributed by atoms with Gasteiger partial charge in [0.25, 0.3) is 0 Å². The second kappa shape index (κ2) is 20.4. The number of fused-ring (bicyclic) bond motifs is 14. The predicted molar refractivity (Wildman–Crippen MR) is 280 cm³/mol. The Bertz CT molecular complexity index is 1810. The maximum absolute atomic E-state index is 11.7. The summed E-state index contributed by atoms with van der Waals surface area (Å²) in [5.41, 5.74) is 4.53. The van der Waals surface area contributed by atoms with E-state index in [0.29, 0.717) is 70.8 Å². The Labute approximate surface area is 425 Å². The van der Waals surface area contributed by atoms with Crippen LogP contribution >= 0.6 is 0 Å². The van der Waals surface area contributed by atoms with E-state index >= 15 is 0 Å². The van der Waals surface area contributed by atoms with Gasteiger partial charge in [-0.15, -0.1) is 0 Å². The molecule has 0 aromatic carbocycles. The second-order valence-corrected chi connectivity index (χ2v) is 27.7. The summed E-state index contributed by atoms with van der Waals surface area (Å²) in [6.07, 6.45) is 31.1. The van der Waals surface area contributed by atoms with Crippen LogP contribution in [-0.2, 0) is 28.5 Å². The van der Waals surface area contributed by atoms with Crippen LogP contribution < -0.4 is 10.6 Å².